The Labute approximate surface area is 130 Å². The summed E-state index contributed by atoms with van der Waals surface area (Å²) in [6, 6.07) is 7.90. The molecule has 1 unspecified atom stereocenters. The van der Waals surface area contributed by atoms with E-state index >= 15 is 0 Å². The van der Waals surface area contributed by atoms with Crippen molar-refractivity contribution in [3.8, 4) is 0 Å². The Morgan fingerprint density at radius 3 is 2.85 bits per heavy atom. The lowest BCUT2D eigenvalue weighted by atomic mass is 10.1. The van der Waals surface area contributed by atoms with Gasteiger partial charge in [0.05, 0.1) is 0 Å². The maximum Gasteiger partial charge on any atom is 0.165 e. The molecule has 0 fully saturated rings. The summed E-state index contributed by atoms with van der Waals surface area (Å²) < 4.78 is 0. The van der Waals surface area contributed by atoms with E-state index in [1.165, 1.54) is 0 Å². The number of thiocarbonyl (C=S) groups is 1. The summed E-state index contributed by atoms with van der Waals surface area (Å²) in [5, 5.41) is 4.21. The lowest BCUT2D eigenvalue weighted by Gasteiger charge is -2.41. The highest BCUT2D eigenvalue weighted by Crippen LogP contribution is 2.21. The van der Waals surface area contributed by atoms with E-state index in [1.54, 1.807) is 0 Å². The van der Waals surface area contributed by atoms with Gasteiger partial charge >= 0.3 is 0 Å². The Kier molecular flexibility index (Phi) is 4.68. The van der Waals surface area contributed by atoms with Crippen LogP contribution in [0.4, 0.5) is 0 Å². The number of rotatable bonds is 4. The number of hydrogen-bond acceptors (Lipinski definition) is 2. The second-order valence-electron chi connectivity index (χ2n) is 4.87. The minimum atomic E-state index is -0.401. The molecule has 2 rings (SSSR count). The van der Waals surface area contributed by atoms with Gasteiger partial charge in [-0.05, 0) is 49.3 Å². The number of allylic oxidation sites excluding steroid dienone is 2. The average molecular weight is 308 g/mol. The first-order chi connectivity index (χ1) is 9.51. The van der Waals surface area contributed by atoms with Crippen LogP contribution in [0.15, 0.2) is 48.7 Å². The fourth-order valence-electron chi connectivity index (χ4n) is 2.26. The van der Waals surface area contributed by atoms with Crippen LogP contribution in [0.1, 0.15) is 12.5 Å². The van der Waals surface area contributed by atoms with Crippen molar-refractivity contribution in [2.75, 3.05) is 6.54 Å². The van der Waals surface area contributed by atoms with Gasteiger partial charge in [-0.25, -0.2) is 0 Å². The zero-order valence-electron chi connectivity index (χ0n) is 11.3. The van der Waals surface area contributed by atoms with E-state index in [0.29, 0.717) is 0 Å². The van der Waals surface area contributed by atoms with E-state index in [0.717, 1.165) is 23.6 Å². The molecule has 5 heteroatoms. The number of nitrogens with two attached hydrogens (primary N) is 1. The molecule has 0 bridgehead atoms. The summed E-state index contributed by atoms with van der Waals surface area (Å²) in [6.07, 6.45) is 8.90. The average Bonchev–Trinajstić information content (AvgIpc) is 2.38. The highest BCUT2D eigenvalue weighted by molar-refractivity contribution is 7.80. The van der Waals surface area contributed by atoms with Crippen LogP contribution in [0.5, 0.6) is 0 Å². The molecule has 1 aromatic rings. The van der Waals surface area contributed by atoms with E-state index in [-0.39, 0.29) is 5.11 Å². The summed E-state index contributed by atoms with van der Waals surface area (Å²) in [4.78, 5) is 2.16. The molecule has 0 radical (unpaired) electrons. The third kappa shape index (κ3) is 3.52. The minimum Gasteiger partial charge on any atom is -0.376 e. The Balaban J connectivity index is 2.07. The number of hydrogen-bond donors (Lipinski definition) is 2. The fraction of sp³-hybridized carbons (Fsp3) is 0.267. The number of halogens is 1. The minimum absolute atomic E-state index is 0.287. The maximum atomic E-state index is 6.19. The SMILES string of the molecule is CC1(NC(N)=S)C=CC=CN1CCc1ccccc1Cl. The van der Waals surface area contributed by atoms with Gasteiger partial charge < -0.3 is 16.0 Å². The Bertz CT molecular complexity index is 556. The Hall–Kier alpha value is -1.52. The molecule has 0 saturated carbocycles. The van der Waals surface area contributed by atoms with Crippen molar-refractivity contribution in [1.29, 1.82) is 0 Å². The highest BCUT2D eigenvalue weighted by Gasteiger charge is 2.28. The van der Waals surface area contributed by atoms with Gasteiger partial charge in [0.1, 0.15) is 5.66 Å². The number of nitrogens with zero attached hydrogens (tertiary/aromatic N) is 1. The largest absolute Gasteiger partial charge is 0.376 e. The van der Waals surface area contributed by atoms with Gasteiger partial charge in [-0.15, -0.1) is 0 Å². The summed E-state index contributed by atoms with van der Waals surface area (Å²) in [7, 11) is 0. The smallest absolute Gasteiger partial charge is 0.165 e. The summed E-state index contributed by atoms with van der Waals surface area (Å²) in [5.74, 6) is 0. The molecular weight excluding hydrogens is 290 g/mol. The number of benzene rings is 1. The van der Waals surface area contributed by atoms with E-state index in [9.17, 15) is 0 Å². The molecule has 0 aliphatic carbocycles. The fourth-order valence-corrected chi connectivity index (χ4v) is 2.70. The van der Waals surface area contributed by atoms with Crippen molar-refractivity contribution < 1.29 is 0 Å². The Morgan fingerprint density at radius 1 is 1.40 bits per heavy atom. The lowest BCUT2D eigenvalue weighted by Crippen LogP contribution is -2.57. The molecule has 0 aromatic heterocycles. The van der Waals surface area contributed by atoms with Gasteiger partial charge in [0.2, 0.25) is 0 Å². The molecule has 106 valence electrons. The predicted molar refractivity (Wildman–Crippen MR) is 88.5 cm³/mol. The predicted octanol–water partition coefficient (Wildman–Crippen LogP) is 2.82. The summed E-state index contributed by atoms with van der Waals surface area (Å²) >= 11 is 11.2. The van der Waals surface area contributed by atoms with E-state index in [4.69, 9.17) is 29.6 Å². The van der Waals surface area contributed by atoms with Crippen LogP contribution in [-0.4, -0.2) is 22.2 Å². The van der Waals surface area contributed by atoms with Crippen molar-refractivity contribution in [2.24, 2.45) is 5.73 Å². The van der Waals surface area contributed by atoms with E-state index < -0.39 is 5.66 Å². The molecule has 0 spiro atoms. The Morgan fingerprint density at radius 2 is 2.15 bits per heavy atom. The first kappa shape index (κ1) is 14.9. The number of nitrogens with one attached hydrogen (secondary N) is 1. The van der Waals surface area contributed by atoms with Crippen LogP contribution in [0, 0.1) is 0 Å². The van der Waals surface area contributed by atoms with Gasteiger partial charge in [-0.1, -0.05) is 35.9 Å². The van der Waals surface area contributed by atoms with E-state index in [2.05, 4.69) is 10.2 Å². The summed E-state index contributed by atoms with van der Waals surface area (Å²) in [5.41, 5.74) is 6.35. The van der Waals surface area contributed by atoms with Crippen LogP contribution >= 0.6 is 23.8 Å². The van der Waals surface area contributed by atoms with Crippen molar-refractivity contribution in [3.05, 3.63) is 59.3 Å². The zero-order valence-corrected chi connectivity index (χ0v) is 12.9. The van der Waals surface area contributed by atoms with Crippen LogP contribution in [0.2, 0.25) is 5.02 Å². The highest BCUT2D eigenvalue weighted by atomic mass is 35.5. The van der Waals surface area contributed by atoms with Crippen LogP contribution in [0.3, 0.4) is 0 Å². The van der Waals surface area contributed by atoms with Gasteiger partial charge in [-0.3, -0.25) is 0 Å². The van der Waals surface area contributed by atoms with Crippen molar-refractivity contribution in [3.63, 3.8) is 0 Å². The van der Waals surface area contributed by atoms with Gasteiger partial charge in [-0.2, -0.15) is 0 Å². The standard InChI is InChI=1S/C15H18ClN3S/c1-15(18-14(17)20)9-4-5-10-19(15)11-8-12-6-2-3-7-13(12)16/h2-7,9-10H,8,11H2,1H3,(H3,17,18,20). The molecule has 3 nitrogen and oxygen atoms in total. The second-order valence-corrected chi connectivity index (χ2v) is 5.72. The monoisotopic (exact) mass is 307 g/mol. The van der Waals surface area contributed by atoms with Crippen molar-refractivity contribution in [2.45, 2.75) is 19.0 Å². The van der Waals surface area contributed by atoms with E-state index in [1.807, 2.05) is 55.6 Å². The molecule has 3 N–H and O–H groups in total. The lowest BCUT2D eigenvalue weighted by molar-refractivity contribution is 0.198. The van der Waals surface area contributed by atoms with Crippen LogP contribution < -0.4 is 11.1 Å². The van der Waals surface area contributed by atoms with Crippen LogP contribution in [-0.2, 0) is 6.42 Å². The molecular formula is C15H18ClN3S. The van der Waals surface area contributed by atoms with Crippen molar-refractivity contribution in [1.82, 2.24) is 10.2 Å². The van der Waals surface area contributed by atoms with Gasteiger partial charge in [0, 0.05) is 17.8 Å². The molecule has 1 aliphatic rings. The molecule has 1 atom stereocenters. The third-order valence-electron chi connectivity index (χ3n) is 3.35. The topological polar surface area (TPSA) is 41.3 Å². The molecule has 20 heavy (non-hydrogen) atoms. The van der Waals surface area contributed by atoms with Crippen molar-refractivity contribution >= 4 is 28.9 Å². The third-order valence-corrected chi connectivity index (χ3v) is 3.82. The molecule has 1 aliphatic heterocycles. The molecule has 1 aromatic carbocycles. The summed E-state index contributed by atoms with van der Waals surface area (Å²) in [6.45, 7) is 2.86. The normalized spacial score (nSPS) is 21.0. The van der Waals surface area contributed by atoms with Crippen LogP contribution in [0.25, 0.3) is 0 Å². The van der Waals surface area contributed by atoms with Gasteiger partial charge in [0.15, 0.2) is 5.11 Å². The first-order valence-electron chi connectivity index (χ1n) is 6.45. The zero-order chi connectivity index (χ0) is 14.6. The molecule has 1 heterocycles. The maximum absolute atomic E-state index is 6.19. The molecule has 0 saturated heterocycles. The second kappa shape index (κ2) is 6.29. The van der Waals surface area contributed by atoms with Gasteiger partial charge in [0.25, 0.3) is 0 Å². The quantitative estimate of drug-likeness (QED) is 0.839. The first-order valence-corrected chi connectivity index (χ1v) is 7.24. The molecule has 0 amide bonds.